The summed E-state index contributed by atoms with van der Waals surface area (Å²) in [6, 6.07) is 1.68. The molecule has 0 saturated carbocycles. The van der Waals surface area contributed by atoms with Crippen LogP contribution in [0, 0.1) is 0 Å². The van der Waals surface area contributed by atoms with Crippen LogP contribution >= 0.6 is 0 Å². The van der Waals surface area contributed by atoms with Gasteiger partial charge >= 0.3 is 5.69 Å². The molecule has 2 aromatic heterocycles. The number of anilines is 1. The highest BCUT2D eigenvalue weighted by atomic mass is 16.2. The molecule has 0 radical (unpaired) electrons. The lowest BCUT2D eigenvalue weighted by atomic mass is 10.1. The number of amides is 1. The highest BCUT2D eigenvalue weighted by Crippen LogP contribution is 2.14. The predicted molar refractivity (Wildman–Crippen MR) is 68.3 cm³/mol. The molecule has 0 aliphatic carbocycles. The summed E-state index contributed by atoms with van der Waals surface area (Å²) in [6.07, 6.45) is 1.06. The number of aromatic nitrogens is 4. The average Bonchev–Trinajstić information content (AvgIpc) is 2.77. The van der Waals surface area contributed by atoms with Gasteiger partial charge in [0.05, 0.1) is 0 Å². The van der Waals surface area contributed by atoms with E-state index in [1.807, 2.05) is 18.8 Å². The minimum absolute atomic E-state index is 0.186. The molecule has 0 atom stereocenters. The van der Waals surface area contributed by atoms with Gasteiger partial charge < -0.3 is 10.3 Å². The zero-order chi connectivity index (χ0) is 14.0. The second-order valence-corrected chi connectivity index (χ2v) is 4.30. The van der Waals surface area contributed by atoms with Crippen LogP contribution in [0.5, 0.6) is 0 Å². The zero-order valence-corrected chi connectivity index (χ0v) is 10.4. The van der Waals surface area contributed by atoms with Crippen LogP contribution in [-0.2, 0) is 0 Å². The maximum Gasteiger partial charge on any atom is 0.325 e. The molecule has 0 spiro atoms. The van der Waals surface area contributed by atoms with Gasteiger partial charge in [-0.3, -0.25) is 19.7 Å². The Morgan fingerprint density at radius 2 is 2.11 bits per heavy atom. The molecule has 2 heterocycles. The van der Waals surface area contributed by atoms with E-state index in [-0.39, 0.29) is 11.5 Å². The third-order valence-corrected chi connectivity index (χ3v) is 2.53. The fraction of sp³-hybridized carbons (Fsp3) is 0.273. The molecule has 0 aliphatic heterocycles. The molecule has 8 nitrogen and oxygen atoms in total. The minimum atomic E-state index is -0.749. The Morgan fingerprint density at radius 3 is 2.68 bits per heavy atom. The molecule has 1 amide bonds. The average molecular weight is 263 g/mol. The first kappa shape index (κ1) is 12.8. The van der Waals surface area contributed by atoms with Gasteiger partial charge in [-0.1, -0.05) is 13.8 Å². The minimum Gasteiger partial charge on any atom is -0.313 e. The van der Waals surface area contributed by atoms with E-state index in [9.17, 15) is 14.4 Å². The number of H-pyrrole nitrogens is 3. The smallest absolute Gasteiger partial charge is 0.313 e. The number of hydrogen-bond donors (Lipinski definition) is 4. The lowest BCUT2D eigenvalue weighted by molar-refractivity contribution is 0.102. The second kappa shape index (κ2) is 4.92. The van der Waals surface area contributed by atoms with Crippen LogP contribution in [0.15, 0.2) is 21.9 Å². The van der Waals surface area contributed by atoms with Crippen molar-refractivity contribution in [1.29, 1.82) is 0 Å². The van der Waals surface area contributed by atoms with Crippen molar-refractivity contribution in [2.75, 3.05) is 5.32 Å². The summed E-state index contributed by atoms with van der Waals surface area (Å²) in [5.41, 5.74) is -0.733. The van der Waals surface area contributed by atoms with Crippen molar-refractivity contribution in [1.82, 2.24) is 20.2 Å². The summed E-state index contributed by atoms with van der Waals surface area (Å²) in [7, 11) is 0. The number of nitrogens with zero attached hydrogens (tertiary/aromatic N) is 1. The number of aromatic amines is 3. The number of hydrogen-bond acceptors (Lipinski definition) is 4. The SMILES string of the molecule is CC(C)c1cc(NC(=O)c2c[nH]c(=O)[nH]c2=O)n[nH]1. The van der Waals surface area contributed by atoms with E-state index in [1.165, 1.54) is 0 Å². The van der Waals surface area contributed by atoms with E-state index in [0.717, 1.165) is 11.9 Å². The quantitative estimate of drug-likeness (QED) is 0.629. The molecular formula is C11H13N5O3. The Balaban J connectivity index is 2.20. The zero-order valence-electron chi connectivity index (χ0n) is 10.4. The largest absolute Gasteiger partial charge is 0.325 e. The Morgan fingerprint density at radius 1 is 1.37 bits per heavy atom. The summed E-state index contributed by atoms with van der Waals surface area (Å²) >= 11 is 0. The Kier molecular flexibility index (Phi) is 3.32. The van der Waals surface area contributed by atoms with E-state index in [1.54, 1.807) is 6.07 Å². The van der Waals surface area contributed by atoms with Crippen molar-refractivity contribution in [2.45, 2.75) is 19.8 Å². The van der Waals surface area contributed by atoms with Crippen molar-refractivity contribution >= 4 is 11.7 Å². The number of carbonyl (C=O) groups excluding carboxylic acids is 1. The molecule has 4 N–H and O–H groups in total. The fourth-order valence-corrected chi connectivity index (χ4v) is 1.46. The van der Waals surface area contributed by atoms with Crippen molar-refractivity contribution in [3.8, 4) is 0 Å². The predicted octanol–water partition coefficient (Wildman–Crippen LogP) is 0.162. The molecule has 0 saturated heterocycles. The van der Waals surface area contributed by atoms with Gasteiger partial charge in [-0.25, -0.2) is 4.79 Å². The monoisotopic (exact) mass is 263 g/mol. The molecule has 2 rings (SSSR count). The maximum atomic E-state index is 11.8. The Labute approximate surface area is 107 Å². The topological polar surface area (TPSA) is 124 Å². The van der Waals surface area contributed by atoms with E-state index < -0.39 is 17.2 Å². The molecule has 19 heavy (non-hydrogen) atoms. The molecule has 0 bridgehead atoms. The molecule has 0 fully saturated rings. The van der Waals surface area contributed by atoms with Crippen LogP contribution in [-0.4, -0.2) is 26.1 Å². The van der Waals surface area contributed by atoms with Crippen LogP contribution in [0.25, 0.3) is 0 Å². The maximum absolute atomic E-state index is 11.8. The van der Waals surface area contributed by atoms with Crippen LogP contribution in [0.3, 0.4) is 0 Å². The van der Waals surface area contributed by atoms with Crippen molar-refractivity contribution in [3.63, 3.8) is 0 Å². The first-order valence-electron chi connectivity index (χ1n) is 5.66. The number of rotatable bonds is 3. The van der Waals surface area contributed by atoms with Crippen molar-refractivity contribution in [3.05, 3.63) is 44.4 Å². The highest BCUT2D eigenvalue weighted by molar-refractivity contribution is 6.03. The van der Waals surface area contributed by atoms with Gasteiger partial charge in [0.1, 0.15) is 5.56 Å². The molecule has 100 valence electrons. The fourth-order valence-electron chi connectivity index (χ4n) is 1.46. The Bertz CT molecular complexity index is 709. The summed E-state index contributed by atoms with van der Waals surface area (Å²) in [5, 5.41) is 9.16. The first-order chi connectivity index (χ1) is 8.97. The van der Waals surface area contributed by atoms with E-state index in [2.05, 4.69) is 20.5 Å². The molecule has 0 aromatic carbocycles. The van der Waals surface area contributed by atoms with E-state index >= 15 is 0 Å². The highest BCUT2D eigenvalue weighted by Gasteiger charge is 2.13. The van der Waals surface area contributed by atoms with Gasteiger partial charge in [-0.2, -0.15) is 5.10 Å². The molecular weight excluding hydrogens is 250 g/mol. The summed E-state index contributed by atoms with van der Waals surface area (Å²) in [6.45, 7) is 3.96. The van der Waals surface area contributed by atoms with Crippen LogP contribution in [0.2, 0.25) is 0 Å². The van der Waals surface area contributed by atoms with Gasteiger partial charge in [0.15, 0.2) is 5.82 Å². The third kappa shape index (κ3) is 2.79. The lowest BCUT2D eigenvalue weighted by Gasteiger charge is -2.00. The summed E-state index contributed by atoms with van der Waals surface area (Å²) < 4.78 is 0. The Hall–Kier alpha value is -2.64. The van der Waals surface area contributed by atoms with Gasteiger partial charge in [0.25, 0.3) is 11.5 Å². The van der Waals surface area contributed by atoms with Gasteiger partial charge in [0.2, 0.25) is 0 Å². The summed E-state index contributed by atoms with van der Waals surface area (Å²) in [5.74, 6) is -0.0757. The second-order valence-electron chi connectivity index (χ2n) is 4.30. The van der Waals surface area contributed by atoms with Crippen LogP contribution < -0.4 is 16.6 Å². The molecule has 2 aromatic rings. The molecule has 0 unspecified atom stereocenters. The standard InChI is InChI=1S/C11H13N5O3/c1-5(2)7-3-8(16-15-7)13-9(17)6-4-12-11(19)14-10(6)18/h3-5H,1-2H3,(H2,12,14,18,19)(H2,13,15,16,17). The van der Waals surface area contributed by atoms with Gasteiger partial charge in [-0.15, -0.1) is 0 Å². The number of carbonyl (C=O) groups is 1. The van der Waals surface area contributed by atoms with Crippen molar-refractivity contribution < 1.29 is 4.79 Å². The number of nitrogens with one attached hydrogen (secondary N) is 4. The van der Waals surface area contributed by atoms with Gasteiger partial charge in [-0.05, 0) is 5.92 Å². The molecule has 0 aliphatic rings. The first-order valence-corrected chi connectivity index (χ1v) is 5.66. The van der Waals surface area contributed by atoms with E-state index in [4.69, 9.17) is 0 Å². The lowest BCUT2D eigenvalue weighted by Crippen LogP contribution is -2.29. The van der Waals surface area contributed by atoms with Crippen LogP contribution in [0.4, 0.5) is 5.82 Å². The summed E-state index contributed by atoms with van der Waals surface area (Å²) in [4.78, 5) is 38.3. The van der Waals surface area contributed by atoms with Crippen LogP contribution in [0.1, 0.15) is 35.8 Å². The van der Waals surface area contributed by atoms with E-state index in [0.29, 0.717) is 5.82 Å². The molecule has 8 heteroatoms. The normalized spacial score (nSPS) is 10.7. The van der Waals surface area contributed by atoms with Crippen molar-refractivity contribution in [2.24, 2.45) is 0 Å². The third-order valence-electron chi connectivity index (χ3n) is 2.53. The van der Waals surface area contributed by atoms with Gasteiger partial charge in [0, 0.05) is 18.0 Å².